The fourth-order valence-corrected chi connectivity index (χ4v) is 7.43. The van der Waals surface area contributed by atoms with Crippen molar-refractivity contribution < 1.29 is 19.5 Å². The first-order chi connectivity index (χ1) is 14.2. The summed E-state index contributed by atoms with van der Waals surface area (Å²) in [6.07, 6.45) is 4.13. The molecular formula is C23H38FN3O3. The summed E-state index contributed by atoms with van der Waals surface area (Å²) in [4.78, 5) is 7.40. The Bertz CT molecular complexity index is 714. The predicted octanol–water partition coefficient (Wildman–Crippen LogP) is 3.71. The van der Waals surface area contributed by atoms with Crippen LogP contribution >= 0.6 is 0 Å². The number of likely N-dealkylation sites (N-methyl/N-ethyl adjacent to an activating group) is 1. The molecule has 0 aromatic heterocycles. The number of oxime groups is 2. The second-order valence-corrected chi connectivity index (χ2v) is 11.0. The molecule has 4 fully saturated rings. The zero-order chi connectivity index (χ0) is 21.7. The van der Waals surface area contributed by atoms with Gasteiger partial charge in [-0.15, -0.1) is 0 Å². The van der Waals surface area contributed by atoms with E-state index in [1.54, 1.807) is 0 Å². The van der Waals surface area contributed by atoms with Gasteiger partial charge < -0.3 is 20.1 Å². The lowest BCUT2D eigenvalue weighted by Crippen LogP contribution is -2.58. The van der Waals surface area contributed by atoms with Crippen molar-refractivity contribution in [2.24, 2.45) is 44.8 Å². The Morgan fingerprint density at radius 3 is 2.53 bits per heavy atom. The summed E-state index contributed by atoms with van der Waals surface area (Å²) in [7, 11) is 3.92. The van der Waals surface area contributed by atoms with Crippen LogP contribution in [0.5, 0.6) is 0 Å². The Morgan fingerprint density at radius 1 is 1.10 bits per heavy atom. The van der Waals surface area contributed by atoms with E-state index in [1.165, 1.54) is 0 Å². The van der Waals surface area contributed by atoms with Crippen molar-refractivity contribution in [1.82, 2.24) is 4.90 Å². The van der Waals surface area contributed by atoms with E-state index in [4.69, 9.17) is 4.84 Å². The maximum atomic E-state index is 15.3. The molecule has 8 atom stereocenters. The molecule has 7 heteroatoms. The molecule has 0 spiro atoms. The normalized spacial score (nSPS) is 48.5. The van der Waals surface area contributed by atoms with Gasteiger partial charge in [-0.25, -0.2) is 4.39 Å². The van der Waals surface area contributed by atoms with E-state index in [0.717, 1.165) is 44.4 Å². The number of aliphatic hydroxyl groups is 1. The molecule has 0 aromatic carbocycles. The summed E-state index contributed by atoms with van der Waals surface area (Å²) in [6.45, 7) is 5.59. The summed E-state index contributed by atoms with van der Waals surface area (Å²) < 4.78 is 15.3. The number of hydrogen-bond acceptors (Lipinski definition) is 6. The summed E-state index contributed by atoms with van der Waals surface area (Å²) in [5, 5.41) is 28.4. The number of alkyl halides is 1. The van der Waals surface area contributed by atoms with Gasteiger partial charge in [-0.2, -0.15) is 0 Å². The lowest BCUT2D eigenvalue weighted by Gasteiger charge is -2.60. The minimum absolute atomic E-state index is 0.00244. The van der Waals surface area contributed by atoms with Gasteiger partial charge in [0.25, 0.3) is 0 Å². The lowest BCUT2D eigenvalue weighted by atomic mass is 9.44. The first-order valence-electron chi connectivity index (χ1n) is 11.6. The Hall–Kier alpha value is -1.21. The predicted molar refractivity (Wildman–Crippen MR) is 115 cm³/mol. The molecule has 1 unspecified atom stereocenters. The standard InChI is InChI=1S/C23H38FN3O3/c1-22-8-7-16-14(15(22)5-6-21(22)28)11-19(25-29)17-12-20(18(24)13-23(16,17)2)26-30-10-9-27(3)4/h14-18,21,28-29H,5-13H2,1-4H3/b25-19+,26-20+/t14-,15-,16-,17?,18+,21-,22-,23+/m0/s1. The van der Waals surface area contributed by atoms with Crippen LogP contribution in [0.4, 0.5) is 4.39 Å². The highest BCUT2D eigenvalue weighted by Crippen LogP contribution is 2.65. The van der Waals surface area contributed by atoms with Crippen LogP contribution in [0.1, 0.15) is 58.8 Å². The maximum absolute atomic E-state index is 15.3. The highest BCUT2D eigenvalue weighted by atomic mass is 19.1. The molecule has 4 rings (SSSR count). The monoisotopic (exact) mass is 423 g/mol. The van der Waals surface area contributed by atoms with E-state index in [1.807, 2.05) is 19.0 Å². The highest BCUT2D eigenvalue weighted by Gasteiger charge is 2.62. The largest absolute Gasteiger partial charge is 0.411 e. The van der Waals surface area contributed by atoms with E-state index in [-0.39, 0.29) is 22.9 Å². The molecular weight excluding hydrogens is 385 g/mol. The summed E-state index contributed by atoms with van der Waals surface area (Å²) in [5.41, 5.74) is 0.938. The molecule has 0 heterocycles. The van der Waals surface area contributed by atoms with E-state index >= 15 is 4.39 Å². The third-order valence-electron chi connectivity index (χ3n) is 9.21. The van der Waals surface area contributed by atoms with Crippen molar-refractivity contribution in [1.29, 1.82) is 0 Å². The molecule has 6 nitrogen and oxygen atoms in total. The molecule has 0 amide bonds. The third kappa shape index (κ3) is 3.46. The Balaban J connectivity index is 1.57. The van der Waals surface area contributed by atoms with Gasteiger partial charge in [0.1, 0.15) is 12.8 Å². The maximum Gasteiger partial charge on any atom is 0.142 e. The number of rotatable bonds is 4. The molecule has 0 radical (unpaired) electrons. The molecule has 2 N–H and O–H groups in total. The molecule has 170 valence electrons. The van der Waals surface area contributed by atoms with E-state index < -0.39 is 6.17 Å². The van der Waals surface area contributed by atoms with Gasteiger partial charge >= 0.3 is 0 Å². The minimum atomic E-state index is -1.12. The second-order valence-electron chi connectivity index (χ2n) is 11.0. The zero-order valence-corrected chi connectivity index (χ0v) is 18.9. The van der Waals surface area contributed by atoms with E-state index in [2.05, 4.69) is 24.2 Å². The summed E-state index contributed by atoms with van der Waals surface area (Å²) >= 11 is 0. The van der Waals surface area contributed by atoms with Gasteiger partial charge in [-0.3, -0.25) is 0 Å². The van der Waals surface area contributed by atoms with Crippen LogP contribution in [0, 0.1) is 34.5 Å². The molecule has 4 saturated carbocycles. The molecule has 0 saturated heterocycles. The van der Waals surface area contributed by atoms with Gasteiger partial charge in [0.2, 0.25) is 0 Å². The van der Waals surface area contributed by atoms with Gasteiger partial charge in [0, 0.05) is 18.9 Å². The number of aliphatic hydroxyl groups excluding tert-OH is 1. The molecule has 0 bridgehead atoms. The molecule has 4 aliphatic carbocycles. The van der Waals surface area contributed by atoms with Crippen LogP contribution in [0.15, 0.2) is 10.3 Å². The van der Waals surface area contributed by atoms with Crippen molar-refractivity contribution >= 4 is 11.4 Å². The average Bonchev–Trinajstić information content (AvgIpc) is 2.99. The first-order valence-corrected chi connectivity index (χ1v) is 11.6. The lowest BCUT2D eigenvalue weighted by molar-refractivity contribution is -0.0897. The smallest absolute Gasteiger partial charge is 0.142 e. The number of halogens is 1. The van der Waals surface area contributed by atoms with Crippen LogP contribution in [0.3, 0.4) is 0 Å². The SMILES string of the molecule is CN(C)CCO/N=C1\CC2/C(=N/O)C[C@H]3[C@@H]4CC[C@H](O)[C@@]4(C)CC[C@@H]3[C@@]2(C)C[C@H]1F. The van der Waals surface area contributed by atoms with Crippen molar-refractivity contribution in [2.75, 3.05) is 27.2 Å². The first kappa shape index (κ1) is 22.0. The summed E-state index contributed by atoms with van der Waals surface area (Å²) in [6, 6.07) is 0. The fraction of sp³-hybridized carbons (Fsp3) is 0.913. The van der Waals surface area contributed by atoms with Crippen molar-refractivity contribution in [3.63, 3.8) is 0 Å². The van der Waals surface area contributed by atoms with Gasteiger partial charge in [-0.05, 0) is 81.2 Å². The van der Waals surface area contributed by atoms with Crippen LogP contribution in [0.25, 0.3) is 0 Å². The van der Waals surface area contributed by atoms with Crippen LogP contribution in [0.2, 0.25) is 0 Å². The van der Waals surface area contributed by atoms with Crippen LogP contribution in [-0.2, 0) is 4.84 Å². The Labute approximate surface area is 179 Å². The highest BCUT2D eigenvalue weighted by molar-refractivity contribution is 5.97. The molecule has 0 aromatic rings. The van der Waals surface area contributed by atoms with E-state index in [0.29, 0.717) is 42.9 Å². The van der Waals surface area contributed by atoms with E-state index in [9.17, 15) is 10.3 Å². The van der Waals surface area contributed by atoms with Gasteiger partial charge in [0.05, 0.1) is 17.5 Å². The summed E-state index contributed by atoms with van der Waals surface area (Å²) in [5.74, 6) is 1.17. The molecule has 4 aliphatic rings. The second kappa shape index (κ2) is 8.05. The molecule has 0 aliphatic heterocycles. The van der Waals surface area contributed by atoms with Crippen LogP contribution in [-0.4, -0.2) is 66.2 Å². The fourth-order valence-electron chi connectivity index (χ4n) is 7.43. The zero-order valence-electron chi connectivity index (χ0n) is 18.9. The minimum Gasteiger partial charge on any atom is -0.411 e. The molecule has 30 heavy (non-hydrogen) atoms. The topological polar surface area (TPSA) is 77.7 Å². The number of hydrogen-bond donors (Lipinski definition) is 2. The van der Waals surface area contributed by atoms with Gasteiger partial charge in [0.15, 0.2) is 0 Å². The average molecular weight is 424 g/mol. The van der Waals surface area contributed by atoms with Crippen LogP contribution < -0.4 is 0 Å². The van der Waals surface area contributed by atoms with Crippen molar-refractivity contribution in [3.8, 4) is 0 Å². The third-order valence-corrected chi connectivity index (χ3v) is 9.21. The Kier molecular flexibility index (Phi) is 5.90. The van der Waals surface area contributed by atoms with Gasteiger partial charge in [-0.1, -0.05) is 24.2 Å². The number of nitrogens with zero attached hydrogens (tertiary/aromatic N) is 3. The van der Waals surface area contributed by atoms with Crippen molar-refractivity contribution in [3.05, 3.63) is 0 Å². The number of fused-ring (bicyclic) bond motifs is 5. The van der Waals surface area contributed by atoms with Crippen molar-refractivity contribution in [2.45, 2.75) is 71.1 Å². The quantitative estimate of drug-likeness (QED) is 0.410. The Morgan fingerprint density at radius 2 is 1.83 bits per heavy atom.